The molecule has 0 radical (unpaired) electrons. The summed E-state index contributed by atoms with van der Waals surface area (Å²) in [6.07, 6.45) is 7.84. The molecule has 0 aromatic heterocycles. The molecule has 0 atom stereocenters. The Kier molecular flexibility index (Phi) is 7.22. The lowest BCUT2D eigenvalue weighted by Crippen LogP contribution is -2.20. The summed E-state index contributed by atoms with van der Waals surface area (Å²) in [5.74, 6) is -0.0397. The number of hydrogen-bond donors (Lipinski definition) is 0. The summed E-state index contributed by atoms with van der Waals surface area (Å²) in [7, 11) is 0. The van der Waals surface area contributed by atoms with Gasteiger partial charge in [0.2, 0.25) is 0 Å². The largest absolute Gasteiger partial charge is 0.289 e. The summed E-state index contributed by atoms with van der Waals surface area (Å²) >= 11 is 0. The maximum absolute atomic E-state index is 12.9. The molecule has 0 heterocycles. The first kappa shape index (κ1) is 22.7. The van der Waals surface area contributed by atoms with Gasteiger partial charge in [-0.25, -0.2) is 0 Å². The van der Waals surface area contributed by atoms with E-state index >= 15 is 0 Å². The van der Waals surface area contributed by atoms with Gasteiger partial charge in [0.1, 0.15) is 0 Å². The monoisotopic (exact) mass is 412 g/mol. The Morgan fingerprint density at radius 2 is 1.42 bits per heavy atom. The summed E-state index contributed by atoms with van der Waals surface area (Å²) in [4.78, 5) is 25.5. The molecule has 0 unspecified atom stereocenters. The SMILES string of the molecule is CC1=C(C/C=C(\C)CC/C=C(\C)Cc2cc(C)cc(C)c2)C(=O)c2ccccc2C1=O. The normalized spacial score (nSPS) is 14.9. The van der Waals surface area contributed by atoms with Gasteiger partial charge in [0.05, 0.1) is 0 Å². The van der Waals surface area contributed by atoms with E-state index in [1.165, 1.54) is 27.8 Å². The van der Waals surface area contributed by atoms with Crippen LogP contribution in [0.2, 0.25) is 0 Å². The minimum Gasteiger partial charge on any atom is -0.289 e. The van der Waals surface area contributed by atoms with Gasteiger partial charge in [0.25, 0.3) is 0 Å². The number of carbonyl (C=O) groups is 2. The minimum absolute atomic E-state index is 0.0130. The molecule has 3 rings (SSSR count). The molecule has 160 valence electrons. The molecule has 0 bridgehead atoms. The summed E-state index contributed by atoms with van der Waals surface area (Å²) in [5.41, 5.74) is 8.87. The van der Waals surface area contributed by atoms with Crippen LogP contribution in [0.15, 0.2) is 76.9 Å². The van der Waals surface area contributed by atoms with Crippen LogP contribution in [0.4, 0.5) is 0 Å². The number of benzene rings is 2. The number of ketones is 2. The molecule has 0 N–H and O–H groups in total. The smallest absolute Gasteiger partial charge is 0.190 e. The van der Waals surface area contributed by atoms with Gasteiger partial charge in [0, 0.05) is 22.3 Å². The first-order chi connectivity index (χ1) is 14.8. The Morgan fingerprint density at radius 3 is 2.06 bits per heavy atom. The van der Waals surface area contributed by atoms with E-state index in [1.54, 1.807) is 19.1 Å². The Bertz CT molecular complexity index is 1090. The van der Waals surface area contributed by atoms with Crippen LogP contribution in [0.25, 0.3) is 0 Å². The van der Waals surface area contributed by atoms with Gasteiger partial charge in [0.15, 0.2) is 11.6 Å². The molecule has 0 fully saturated rings. The van der Waals surface area contributed by atoms with Crippen molar-refractivity contribution < 1.29 is 9.59 Å². The van der Waals surface area contributed by atoms with Crippen LogP contribution >= 0.6 is 0 Å². The maximum atomic E-state index is 12.9. The lowest BCUT2D eigenvalue weighted by atomic mass is 9.83. The van der Waals surface area contributed by atoms with E-state index in [-0.39, 0.29) is 11.6 Å². The van der Waals surface area contributed by atoms with E-state index in [0.29, 0.717) is 28.7 Å². The summed E-state index contributed by atoms with van der Waals surface area (Å²) in [6.45, 7) is 10.3. The first-order valence-electron chi connectivity index (χ1n) is 11.0. The van der Waals surface area contributed by atoms with Gasteiger partial charge in [-0.1, -0.05) is 76.9 Å². The van der Waals surface area contributed by atoms with Crippen LogP contribution in [-0.4, -0.2) is 11.6 Å². The van der Waals surface area contributed by atoms with Crippen molar-refractivity contribution in [2.24, 2.45) is 0 Å². The highest BCUT2D eigenvalue weighted by molar-refractivity contribution is 6.26. The van der Waals surface area contributed by atoms with Gasteiger partial charge in [-0.3, -0.25) is 9.59 Å². The highest BCUT2D eigenvalue weighted by Crippen LogP contribution is 2.28. The van der Waals surface area contributed by atoms with Crippen LogP contribution < -0.4 is 0 Å². The highest BCUT2D eigenvalue weighted by atomic mass is 16.1. The topological polar surface area (TPSA) is 34.1 Å². The molecule has 0 aliphatic heterocycles. The van der Waals surface area contributed by atoms with E-state index in [1.807, 2.05) is 12.1 Å². The molecular weight excluding hydrogens is 380 g/mol. The number of carbonyl (C=O) groups excluding carboxylic acids is 2. The Balaban J connectivity index is 1.60. The molecule has 31 heavy (non-hydrogen) atoms. The number of aryl methyl sites for hydroxylation is 2. The second kappa shape index (κ2) is 9.87. The zero-order chi connectivity index (χ0) is 22.5. The third-order valence-electron chi connectivity index (χ3n) is 5.93. The quantitative estimate of drug-likeness (QED) is 0.447. The van der Waals surface area contributed by atoms with Crippen LogP contribution in [-0.2, 0) is 6.42 Å². The number of hydrogen-bond acceptors (Lipinski definition) is 2. The summed E-state index contributed by atoms with van der Waals surface area (Å²) in [6, 6.07) is 13.8. The molecule has 2 heteroatoms. The molecular formula is C29H32O2. The molecule has 2 nitrogen and oxygen atoms in total. The Labute approximate surface area is 186 Å². The van der Waals surface area contributed by atoms with Crippen molar-refractivity contribution in [3.63, 3.8) is 0 Å². The van der Waals surface area contributed by atoms with Crippen LogP contribution in [0.3, 0.4) is 0 Å². The van der Waals surface area contributed by atoms with E-state index < -0.39 is 0 Å². The van der Waals surface area contributed by atoms with E-state index in [4.69, 9.17) is 0 Å². The number of allylic oxidation sites excluding steroid dienone is 6. The molecule has 0 saturated heterocycles. The molecule has 2 aromatic rings. The number of Topliss-reactive ketones (excluding diaryl/α,β-unsaturated/α-hetero) is 2. The lowest BCUT2D eigenvalue weighted by Gasteiger charge is -2.18. The van der Waals surface area contributed by atoms with Crippen molar-refractivity contribution in [3.05, 3.63) is 105 Å². The third-order valence-corrected chi connectivity index (χ3v) is 5.93. The zero-order valence-electron chi connectivity index (χ0n) is 19.3. The highest BCUT2D eigenvalue weighted by Gasteiger charge is 2.28. The van der Waals surface area contributed by atoms with Gasteiger partial charge in [-0.2, -0.15) is 0 Å². The van der Waals surface area contributed by atoms with Crippen molar-refractivity contribution in [3.8, 4) is 0 Å². The number of rotatable bonds is 7. The zero-order valence-corrected chi connectivity index (χ0v) is 19.3. The van der Waals surface area contributed by atoms with E-state index in [9.17, 15) is 9.59 Å². The fourth-order valence-electron chi connectivity index (χ4n) is 4.29. The average molecular weight is 413 g/mol. The van der Waals surface area contributed by atoms with Gasteiger partial charge < -0.3 is 0 Å². The molecule has 2 aromatic carbocycles. The second-order valence-electron chi connectivity index (χ2n) is 8.82. The lowest BCUT2D eigenvalue weighted by molar-refractivity contribution is 0.0973. The molecule has 0 spiro atoms. The third kappa shape index (κ3) is 5.58. The summed E-state index contributed by atoms with van der Waals surface area (Å²) < 4.78 is 0. The fraction of sp³-hybridized carbons (Fsp3) is 0.310. The Morgan fingerprint density at radius 1 is 0.806 bits per heavy atom. The average Bonchev–Trinajstić information content (AvgIpc) is 2.71. The van der Waals surface area contributed by atoms with Gasteiger partial charge >= 0.3 is 0 Å². The second-order valence-corrected chi connectivity index (χ2v) is 8.82. The van der Waals surface area contributed by atoms with E-state index in [0.717, 1.165) is 19.3 Å². The predicted octanol–water partition coefficient (Wildman–Crippen LogP) is 7.30. The van der Waals surface area contributed by atoms with Gasteiger partial charge in [-0.15, -0.1) is 0 Å². The van der Waals surface area contributed by atoms with Crippen molar-refractivity contribution in [1.29, 1.82) is 0 Å². The van der Waals surface area contributed by atoms with Crippen LogP contribution in [0, 0.1) is 13.8 Å². The fourth-order valence-corrected chi connectivity index (χ4v) is 4.29. The van der Waals surface area contributed by atoms with Gasteiger partial charge in [-0.05, 0) is 65.9 Å². The molecule has 0 saturated carbocycles. The molecule has 0 amide bonds. The number of fused-ring (bicyclic) bond motifs is 1. The predicted molar refractivity (Wildman–Crippen MR) is 129 cm³/mol. The Hall–Kier alpha value is -3.00. The molecule has 1 aliphatic rings. The van der Waals surface area contributed by atoms with Crippen LogP contribution in [0.1, 0.15) is 77.4 Å². The summed E-state index contributed by atoms with van der Waals surface area (Å²) in [5, 5.41) is 0. The molecule has 1 aliphatic carbocycles. The minimum atomic E-state index is -0.0267. The standard InChI is InChI=1S/C29H32O2/c1-19(9-8-10-20(2)16-24-17-21(3)15-22(4)18-24)13-14-25-23(5)28(30)26-11-6-7-12-27(26)29(25)31/h6-7,10-13,15,17-18H,8-9,14,16H2,1-5H3/b19-13+,20-10+. The first-order valence-corrected chi connectivity index (χ1v) is 11.0. The van der Waals surface area contributed by atoms with Crippen molar-refractivity contribution in [1.82, 2.24) is 0 Å². The van der Waals surface area contributed by atoms with Crippen molar-refractivity contribution >= 4 is 11.6 Å². The maximum Gasteiger partial charge on any atom is 0.190 e. The van der Waals surface area contributed by atoms with Crippen molar-refractivity contribution in [2.45, 2.75) is 60.3 Å². The van der Waals surface area contributed by atoms with Crippen molar-refractivity contribution in [2.75, 3.05) is 0 Å². The van der Waals surface area contributed by atoms with E-state index in [2.05, 4.69) is 58.0 Å². The van der Waals surface area contributed by atoms with Crippen LogP contribution in [0.5, 0.6) is 0 Å².